The van der Waals surface area contributed by atoms with Crippen molar-refractivity contribution in [3.63, 3.8) is 0 Å². The molecule has 0 saturated heterocycles. The molecule has 0 heterocycles. The first-order valence-corrected chi connectivity index (χ1v) is 6.62. The van der Waals surface area contributed by atoms with Crippen molar-refractivity contribution in [2.45, 2.75) is 20.3 Å². The minimum atomic E-state index is 0.641. The van der Waals surface area contributed by atoms with Gasteiger partial charge in [-0.05, 0) is 47.1 Å². The Morgan fingerprint density at radius 2 is 1.78 bits per heavy atom. The first-order chi connectivity index (χ1) is 8.75. The number of benzene rings is 2. The van der Waals surface area contributed by atoms with Crippen molar-refractivity contribution in [2.75, 3.05) is 0 Å². The minimum absolute atomic E-state index is 0.641. The van der Waals surface area contributed by atoms with Crippen molar-refractivity contribution in [1.29, 1.82) is 0 Å². The normalized spacial score (nSPS) is 17.6. The van der Waals surface area contributed by atoms with E-state index in [1.54, 1.807) is 0 Å². The fourth-order valence-electron chi connectivity index (χ4n) is 2.77. The molecule has 1 aliphatic rings. The Hall–Kier alpha value is -1.82. The monoisotopic (exact) mass is 234 g/mol. The highest BCUT2D eigenvalue weighted by Crippen LogP contribution is 2.34. The SMILES string of the molecule is Cc1ccc(-c2ccccc2)c2c1C=CC(C)C2. The summed E-state index contributed by atoms with van der Waals surface area (Å²) in [6, 6.07) is 15.2. The summed E-state index contributed by atoms with van der Waals surface area (Å²) in [5, 5.41) is 0. The van der Waals surface area contributed by atoms with Crippen LogP contribution in [0.3, 0.4) is 0 Å². The first-order valence-electron chi connectivity index (χ1n) is 6.62. The molecule has 0 aliphatic heterocycles. The van der Waals surface area contributed by atoms with Gasteiger partial charge in [-0.15, -0.1) is 0 Å². The molecule has 3 rings (SSSR count). The van der Waals surface area contributed by atoms with Crippen molar-refractivity contribution in [3.05, 3.63) is 65.2 Å². The Bertz CT molecular complexity index is 591. The maximum Gasteiger partial charge on any atom is -0.0146 e. The summed E-state index contributed by atoms with van der Waals surface area (Å²) >= 11 is 0. The van der Waals surface area contributed by atoms with Gasteiger partial charge in [0.05, 0.1) is 0 Å². The molecular weight excluding hydrogens is 216 g/mol. The van der Waals surface area contributed by atoms with E-state index in [9.17, 15) is 0 Å². The molecule has 0 bridgehead atoms. The van der Waals surface area contributed by atoms with E-state index in [0.717, 1.165) is 6.42 Å². The van der Waals surface area contributed by atoms with E-state index in [-0.39, 0.29) is 0 Å². The number of aryl methyl sites for hydroxylation is 1. The largest absolute Gasteiger partial charge is 0.0807 e. The van der Waals surface area contributed by atoms with Crippen molar-refractivity contribution in [2.24, 2.45) is 5.92 Å². The van der Waals surface area contributed by atoms with Crippen LogP contribution in [0.5, 0.6) is 0 Å². The fourth-order valence-corrected chi connectivity index (χ4v) is 2.77. The van der Waals surface area contributed by atoms with Crippen LogP contribution >= 0.6 is 0 Å². The van der Waals surface area contributed by atoms with Crippen molar-refractivity contribution in [3.8, 4) is 11.1 Å². The lowest BCUT2D eigenvalue weighted by atomic mass is 9.83. The zero-order valence-electron chi connectivity index (χ0n) is 11.0. The van der Waals surface area contributed by atoms with Gasteiger partial charge in [-0.3, -0.25) is 0 Å². The lowest BCUT2D eigenvalue weighted by Crippen LogP contribution is -2.06. The highest BCUT2D eigenvalue weighted by Gasteiger charge is 2.16. The van der Waals surface area contributed by atoms with E-state index in [1.807, 2.05) is 0 Å². The van der Waals surface area contributed by atoms with Crippen LogP contribution in [0.15, 0.2) is 48.5 Å². The number of fused-ring (bicyclic) bond motifs is 1. The number of rotatable bonds is 1. The molecule has 90 valence electrons. The van der Waals surface area contributed by atoms with Gasteiger partial charge in [-0.25, -0.2) is 0 Å². The lowest BCUT2D eigenvalue weighted by molar-refractivity contribution is 0.717. The van der Waals surface area contributed by atoms with Crippen LogP contribution in [0, 0.1) is 12.8 Å². The molecule has 0 radical (unpaired) electrons. The average molecular weight is 234 g/mol. The second kappa shape index (κ2) is 4.45. The number of hydrogen-bond donors (Lipinski definition) is 0. The molecule has 0 aromatic heterocycles. The molecule has 1 atom stereocenters. The third-order valence-electron chi connectivity index (χ3n) is 3.78. The Labute approximate surface area is 109 Å². The fraction of sp³-hybridized carbons (Fsp3) is 0.222. The maximum atomic E-state index is 2.32. The summed E-state index contributed by atoms with van der Waals surface area (Å²) in [6.07, 6.45) is 5.77. The van der Waals surface area contributed by atoms with Gasteiger partial charge in [-0.1, -0.05) is 61.5 Å². The van der Waals surface area contributed by atoms with Crippen LogP contribution in [0.1, 0.15) is 23.6 Å². The number of allylic oxidation sites excluding steroid dienone is 1. The molecule has 2 aromatic rings. The third-order valence-corrected chi connectivity index (χ3v) is 3.78. The van der Waals surface area contributed by atoms with E-state index in [1.165, 1.54) is 27.8 Å². The molecule has 0 fully saturated rings. The molecule has 1 unspecified atom stereocenters. The highest BCUT2D eigenvalue weighted by atomic mass is 14.2. The third kappa shape index (κ3) is 1.88. The van der Waals surface area contributed by atoms with Crippen molar-refractivity contribution in [1.82, 2.24) is 0 Å². The topological polar surface area (TPSA) is 0 Å². The van der Waals surface area contributed by atoms with Gasteiger partial charge >= 0.3 is 0 Å². The summed E-state index contributed by atoms with van der Waals surface area (Å²) in [6.45, 7) is 4.49. The molecule has 2 aromatic carbocycles. The van der Waals surface area contributed by atoms with Crippen LogP contribution in [0.25, 0.3) is 17.2 Å². The van der Waals surface area contributed by atoms with Gasteiger partial charge in [0.1, 0.15) is 0 Å². The zero-order chi connectivity index (χ0) is 12.5. The van der Waals surface area contributed by atoms with E-state index >= 15 is 0 Å². The van der Waals surface area contributed by atoms with Gasteiger partial charge < -0.3 is 0 Å². The summed E-state index contributed by atoms with van der Waals surface area (Å²) in [7, 11) is 0. The highest BCUT2D eigenvalue weighted by molar-refractivity contribution is 5.75. The molecular formula is C18H18. The van der Waals surface area contributed by atoms with Crippen molar-refractivity contribution >= 4 is 6.08 Å². The maximum absolute atomic E-state index is 2.32. The molecule has 1 aliphatic carbocycles. The Balaban J connectivity index is 2.21. The van der Waals surface area contributed by atoms with E-state index in [2.05, 4.69) is 68.5 Å². The van der Waals surface area contributed by atoms with Crippen LogP contribution in [-0.2, 0) is 6.42 Å². The first kappa shape index (κ1) is 11.3. The standard InChI is InChI=1S/C18H18/c1-13-8-10-16-14(2)9-11-17(18(16)12-13)15-6-4-3-5-7-15/h3-11,13H,12H2,1-2H3. The summed E-state index contributed by atoms with van der Waals surface area (Å²) in [5.74, 6) is 0.641. The van der Waals surface area contributed by atoms with E-state index < -0.39 is 0 Å². The molecule has 18 heavy (non-hydrogen) atoms. The second-order valence-corrected chi connectivity index (χ2v) is 5.23. The van der Waals surface area contributed by atoms with Gasteiger partial charge in [0.15, 0.2) is 0 Å². The summed E-state index contributed by atoms with van der Waals surface area (Å²) in [4.78, 5) is 0. The van der Waals surface area contributed by atoms with Crippen LogP contribution in [0.4, 0.5) is 0 Å². The lowest BCUT2D eigenvalue weighted by Gasteiger charge is -2.21. The quantitative estimate of drug-likeness (QED) is 0.660. The average Bonchev–Trinajstić information content (AvgIpc) is 2.40. The van der Waals surface area contributed by atoms with Crippen LogP contribution in [0.2, 0.25) is 0 Å². The van der Waals surface area contributed by atoms with Crippen molar-refractivity contribution < 1.29 is 0 Å². The molecule has 0 amide bonds. The van der Waals surface area contributed by atoms with Crippen LogP contribution < -0.4 is 0 Å². The molecule has 0 N–H and O–H groups in total. The van der Waals surface area contributed by atoms with Crippen LogP contribution in [-0.4, -0.2) is 0 Å². The molecule has 0 nitrogen and oxygen atoms in total. The molecule has 0 saturated carbocycles. The predicted octanol–water partition coefficient (Wildman–Crippen LogP) is 4.87. The smallest absolute Gasteiger partial charge is 0.0146 e. The van der Waals surface area contributed by atoms with E-state index in [0.29, 0.717) is 5.92 Å². The van der Waals surface area contributed by atoms with Gasteiger partial charge in [-0.2, -0.15) is 0 Å². The minimum Gasteiger partial charge on any atom is -0.0807 e. The molecule has 0 heteroatoms. The van der Waals surface area contributed by atoms with E-state index in [4.69, 9.17) is 0 Å². The Morgan fingerprint density at radius 1 is 1.00 bits per heavy atom. The van der Waals surface area contributed by atoms with Gasteiger partial charge in [0.25, 0.3) is 0 Å². The molecule has 0 spiro atoms. The van der Waals surface area contributed by atoms with Gasteiger partial charge in [0.2, 0.25) is 0 Å². The Kier molecular flexibility index (Phi) is 2.79. The number of hydrogen-bond acceptors (Lipinski definition) is 0. The van der Waals surface area contributed by atoms with Gasteiger partial charge in [0, 0.05) is 0 Å². The zero-order valence-corrected chi connectivity index (χ0v) is 11.0. The predicted molar refractivity (Wildman–Crippen MR) is 78.5 cm³/mol. The second-order valence-electron chi connectivity index (χ2n) is 5.23. The summed E-state index contributed by atoms with van der Waals surface area (Å²) < 4.78 is 0. The summed E-state index contributed by atoms with van der Waals surface area (Å²) in [5.41, 5.74) is 7.04. The Morgan fingerprint density at radius 3 is 2.56 bits per heavy atom.